The summed E-state index contributed by atoms with van der Waals surface area (Å²) in [6.07, 6.45) is 2.44. The maximum atomic E-state index is 14.8. The lowest BCUT2D eigenvalue weighted by Crippen LogP contribution is -2.51. The fourth-order valence-corrected chi connectivity index (χ4v) is 7.30. The average molecular weight is 885 g/mol. The fraction of sp³-hybridized carbons (Fsp3) is 0.467. The van der Waals surface area contributed by atoms with E-state index in [0.717, 1.165) is 45.4 Å². The van der Waals surface area contributed by atoms with E-state index in [4.69, 9.17) is 4.79 Å². The molecule has 2 aliphatic heterocycles. The third-order valence-corrected chi connectivity index (χ3v) is 10.4. The summed E-state index contributed by atoms with van der Waals surface area (Å²) in [5.74, 6) is -7.09. The number of nitrogens with one attached hydrogen (secondary N) is 4. The van der Waals surface area contributed by atoms with Crippen molar-refractivity contribution in [2.45, 2.75) is 90.8 Å². The van der Waals surface area contributed by atoms with E-state index in [1.807, 2.05) is 50.2 Å². The Morgan fingerprint density at radius 3 is 1.81 bits per heavy atom. The molecule has 0 saturated carbocycles. The van der Waals surface area contributed by atoms with E-state index in [1.54, 1.807) is 33.3 Å². The molecule has 0 spiro atoms. The lowest BCUT2D eigenvalue weighted by molar-refractivity contribution is -0.136. The third-order valence-electron chi connectivity index (χ3n) is 10.4. The van der Waals surface area contributed by atoms with E-state index in [9.17, 15) is 31.9 Å². The Balaban J connectivity index is 0.00000108. The molecule has 2 unspecified atom stereocenters. The van der Waals surface area contributed by atoms with Crippen LogP contribution in [0.15, 0.2) is 61.9 Å². The molecule has 3 amide bonds. The molecule has 3 atom stereocenters. The van der Waals surface area contributed by atoms with Crippen LogP contribution in [0.2, 0.25) is 0 Å². The highest BCUT2D eigenvalue weighted by molar-refractivity contribution is 5.86. The average Bonchev–Trinajstić information content (AvgIpc) is 4.07. The van der Waals surface area contributed by atoms with Crippen LogP contribution in [-0.4, -0.2) is 113 Å². The number of hydrogen-bond acceptors (Lipinski definition) is 9. The Bertz CT molecular complexity index is 2140. The van der Waals surface area contributed by atoms with E-state index in [0.29, 0.717) is 23.7 Å². The highest BCUT2D eigenvalue weighted by Crippen LogP contribution is 2.43. The Morgan fingerprint density at radius 1 is 0.841 bits per heavy atom. The number of nitrogens with zero attached hydrogens (tertiary/aromatic N) is 4. The van der Waals surface area contributed by atoms with Gasteiger partial charge in [-0.25, -0.2) is 32.3 Å². The molecule has 18 heteroatoms. The predicted octanol–water partition coefficient (Wildman–Crippen LogP) is 8.18. The number of carbonyl (C=O) groups excluding carboxylic acids is 4. The first-order chi connectivity index (χ1) is 29.8. The zero-order valence-corrected chi connectivity index (χ0v) is 37.4. The van der Waals surface area contributed by atoms with Crippen LogP contribution < -0.4 is 10.6 Å². The number of likely N-dealkylation sites (N-methyl/N-ethyl adjacent to an activating group) is 1. The number of alkyl carbamates (subject to hydrolysis) is 1. The second kappa shape index (κ2) is 22.9. The van der Waals surface area contributed by atoms with Gasteiger partial charge in [0.15, 0.2) is 0 Å². The number of imidazole rings is 2. The quantitative estimate of drug-likeness (QED) is 0.0658. The van der Waals surface area contributed by atoms with Crippen LogP contribution >= 0.6 is 0 Å². The number of halogens is 4. The van der Waals surface area contributed by atoms with Crippen LogP contribution in [0.5, 0.6) is 0 Å². The van der Waals surface area contributed by atoms with E-state index >= 15 is 0 Å². The van der Waals surface area contributed by atoms with Gasteiger partial charge in [-0.3, -0.25) is 14.4 Å². The number of amides is 3. The topological polar surface area (TPSA) is 175 Å². The summed E-state index contributed by atoms with van der Waals surface area (Å²) >= 11 is 0. The molecule has 4 aromatic rings. The van der Waals surface area contributed by atoms with Crippen molar-refractivity contribution in [3.63, 3.8) is 0 Å². The Hall–Kier alpha value is -6.04. The highest BCUT2D eigenvalue weighted by Gasteiger charge is 2.51. The fourth-order valence-electron chi connectivity index (χ4n) is 7.30. The van der Waals surface area contributed by atoms with Crippen molar-refractivity contribution < 1.29 is 46.2 Å². The van der Waals surface area contributed by atoms with Crippen LogP contribution in [0.25, 0.3) is 33.6 Å². The van der Waals surface area contributed by atoms with Gasteiger partial charge < -0.3 is 39.9 Å². The molecule has 0 bridgehead atoms. The first-order valence-electron chi connectivity index (χ1n) is 20.5. The SMILES string of the molecule is C=C.CCC.CNCC(=O)N1CC(F)(F)CC1c1ncc(-c2ccc(-c3ccc(-c4cnc([C@@H]5CC(F)(F)CN5C(=O)C(NC(=O)OC)C(C)C)[nH]4)c(C)c3C)cc2)[nH]1.COC=O. The van der Waals surface area contributed by atoms with Crippen molar-refractivity contribution in [2.75, 3.05) is 40.9 Å². The van der Waals surface area contributed by atoms with Crippen LogP contribution in [0.4, 0.5) is 22.4 Å². The molecule has 2 fully saturated rings. The van der Waals surface area contributed by atoms with Crippen LogP contribution in [0.3, 0.4) is 0 Å². The molecule has 6 rings (SSSR count). The van der Waals surface area contributed by atoms with Crippen molar-refractivity contribution in [3.8, 4) is 33.6 Å². The Kier molecular flexibility index (Phi) is 18.6. The number of ether oxygens (including phenoxy) is 2. The molecule has 2 aromatic carbocycles. The normalized spacial score (nSPS) is 17.6. The molecule has 0 radical (unpaired) electrons. The molecular weight excluding hydrogens is 825 g/mol. The van der Waals surface area contributed by atoms with Crippen LogP contribution in [0, 0.1) is 19.8 Å². The summed E-state index contributed by atoms with van der Waals surface area (Å²) in [5, 5.41) is 5.19. The minimum absolute atomic E-state index is 0.0504. The number of carbonyl (C=O) groups is 4. The van der Waals surface area contributed by atoms with Gasteiger partial charge >= 0.3 is 6.09 Å². The molecule has 344 valence electrons. The zero-order chi connectivity index (χ0) is 47.2. The summed E-state index contributed by atoms with van der Waals surface area (Å²) in [4.78, 5) is 64.3. The smallest absolute Gasteiger partial charge is 0.407 e. The molecule has 4 heterocycles. The minimum Gasteiger partial charge on any atom is -0.471 e. The van der Waals surface area contributed by atoms with Gasteiger partial charge in [-0.2, -0.15) is 0 Å². The van der Waals surface area contributed by atoms with Gasteiger partial charge in [0, 0.05) is 18.4 Å². The van der Waals surface area contributed by atoms with Crippen LogP contribution in [0.1, 0.15) is 81.8 Å². The largest absolute Gasteiger partial charge is 0.471 e. The van der Waals surface area contributed by atoms with Crippen LogP contribution in [-0.2, 0) is 23.9 Å². The summed E-state index contributed by atoms with van der Waals surface area (Å²) < 4.78 is 66.9. The van der Waals surface area contributed by atoms with E-state index in [1.165, 1.54) is 18.4 Å². The molecule has 2 saturated heterocycles. The first kappa shape index (κ1) is 51.3. The van der Waals surface area contributed by atoms with Gasteiger partial charge in [0.05, 0.1) is 69.7 Å². The van der Waals surface area contributed by atoms with Crippen molar-refractivity contribution in [2.24, 2.45) is 5.92 Å². The number of aromatic nitrogens is 4. The maximum absolute atomic E-state index is 14.8. The minimum atomic E-state index is -3.15. The summed E-state index contributed by atoms with van der Waals surface area (Å²) in [6.45, 7) is 16.5. The van der Waals surface area contributed by atoms with E-state index in [-0.39, 0.29) is 18.3 Å². The Morgan fingerprint density at radius 2 is 1.30 bits per heavy atom. The number of hydrogen-bond donors (Lipinski definition) is 4. The molecule has 14 nitrogen and oxygen atoms in total. The lowest BCUT2D eigenvalue weighted by atomic mass is 9.92. The standard InChI is InChI=1S/C38H44F4N8O4.C3H8.C2H4O2.C2H4/c1-20(2)32(48-36(53)54-6)35(52)50-19-38(41,42)14-30(50)34-45-16-28(47-34)26-12-11-25(21(3)22(26)4)23-7-9-24(10-8-23)27-15-44-33(46-27)29-13-37(39,40)18-49(29)31(51)17-43-5;1-3-2;1-4-2-3;1-2/h7-12,15-16,20,29-30,32,43H,13-14,17-19H2,1-6H3,(H,44,46)(H,45,47)(H,48,53);3H2,1-2H3;2H,1H3;1-2H2/t29?,30-,32?;;;/m0.../s1. The number of alkyl halides is 4. The van der Waals surface area contributed by atoms with Gasteiger partial charge in [0.25, 0.3) is 18.3 Å². The van der Waals surface area contributed by atoms with Gasteiger partial charge in [0.2, 0.25) is 11.8 Å². The van der Waals surface area contributed by atoms with Gasteiger partial charge in [-0.1, -0.05) is 70.5 Å². The van der Waals surface area contributed by atoms with Crippen molar-refractivity contribution in [3.05, 3.63) is 84.7 Å². The number of aromatic amines is 2. The first-order valence-corrected chi connectivity index (χ1v) is 20.5. The molecule has 2 aromatic heterocycles. The number of likely N-dealkylation sites (tertiary alicyclic amines) is 2. The number of benzene rings is 2. The number of rotatable bonds is 11. The number of H-pyrrole nitrogens is 2. The maximum Gasteiger partial charge on any atom is 0.407 e. The lowest BCUT2D eigenvalue weighted by Gasteiger charge is -2.29. The van der Waals surface area contributed by atoms with Crippen molar-refractivity contribution in [1.29, 1.82) is 0 Å². The third kappa shape index (κ3) is 12.8. The Labute approximate surface area is 366 Å². The summed E-state index contributed by atoms with van der Waals surface area (Å²) in [7, 11) is 4.06. The second-order valence-corrected chi connectivity index (χ2v) is 15.4. The summed E-state index contributed by atoms with van der Waals surface area (Å²) in [5.41, 5.74) is 6.63. The van der Waals surface area contributed by atoms with E-state index < -0.39 is 73.8 Å². The molecule has 0 aliphatic carbocycles. The highest BCUT2D eigenvalue weighted by atomic mass is 19.3. The molecule has 63 heavy (non-hydrogen) atoms. The molecular formula is C45H60F4N8O6. The van der Waals surface area contributed by atoms with Crippen molar-refractivity contribution >= 4 is 24.4 Å². The van der Waals surface area contributed by atoms with Gasteiger partial charge in [-0.05, 0) is 54.6 Å². The molecule has 4 N–H and O–H groups in total. The monoisotopic (exact) mass is 884 g/mol. The predicted molar refractivity (Wildman–Crippen MR) is 233 cm³/mol. The summed E-state index contributed by atoms with van der Waals surface area (Å²) in [6, 6.07) is 8.62. The van der Waals surface area contributed by atoms with Crippen molar-refractivity contribution in [1.82, 2.24) is 40.4 Å². The number of methoxy groups -OCH3 is 2. The second-order valence-electron chi connectivity index (χ2n) is 15.4. The molecule has 2 aliphatic rings. The van der Waals surface area contributed by atoms with Gasteiger partial charge in [-0.15, -0.1) is 13.2 Å². The van der Waals surface area contributed by atoms with E-state index in [2.05, 4.69) is 67.0 Å². The zero-order valence-electron chi connectivity index (χ0n) is 37.4. The van der Waals surface area contributed by atoms with Gasteiger partial charge in [0.1, 0.15) is 17.7 Å².